The van der Waals surface area contributed by atoms with Crippen molar-refractivity contribution in [2.24, 2.45) is 16.7 Å². The topological polar surface area (TPSA) is 75.9 Å². The summed E-state index contributed by atoms with van der Waals surface area (Å²) in [6.45, 7) is 11.0. The number of nitrogens with one attached hydrogen (secondary N) is 2. The number of nitrogen functional groups attached to an aromatic ring is 1. The fourth-order valence-corrected chi connectivity index (χ4v) is 2.44. The quantitative estimate of drug-likeness (QED) is 0.551. The summed E-state index contributed by atoms with van der Waals surface area (Å²) in [6.07, 6.45) is 1.52. The van der Waals surface area contributed by atoms with Gasteiger partial charge >= 0.3 is 0 Å². The van der Waals surface area contributed by atoms with Gasteiger partial charge in [0.15, 0.2) is 0 Å². The average molecular weight is 235 g/mol. The van der Waals surface area contributed by atoms with Gasteiger partial charge < -0.3 is 10.7 Å². The lowest BCUT2D eigenvalue weighted by Gasteiger charge is -2.12. The molecule has 1 aliphatic rings. The number of nitrogens with zero attached hydrogens (tertiary/aromatic N) is 2. The number of hydrogen-bond acceptors (Lipinski definition) is 5. The molecule has 1 saturated carbocycles. The minimum atomic E-state index is 0.278. The molecule has 0 radical (unpaired) electrons. The molecule has 0 aliphatic heterocycles. The van der Waals surface area contributed by atoms with Crippen molar-refractivity contribution in [1.82, 2.24) is 9.97 Å². The maximum absolute atomic E-state index is 5.40. The Hall–Kier alpha value is -1.36. The highest BCUT2D eigenvalue weighted by Gasteiger charge is 2.65. The minimum Gasteiger partial charge on any atom is -0.366 e. The third-order valence-electron chi connectivity index (χ3n) is 4.52. The Balaban J connectivity index is 2.22. The molecule has 0 spiro atoms. The van der Waals surface area contributed by atoms with Crippen LogP contribution in [0.25, 0.3) is 0 Å². The first-order valence-corrected chi connectivity index (χ1v) is 5.87. The molecule has 0 bridgehead atoms. The Kier molecular flexibility index (Phi) is 2.54. The molecule has 1 fully saturated rings. The van der Waals surface area contributed by atoms with Crippen molar-refractivity contribution in [3.05, 3.63) is 11.9 Å². The SMILES string of the molecule is Cc1c(NN)ncnc1NC1C(C)(C)C1(C)C. The van der Waals surface area contributed by atoms with Crippen molar-refractivity contribution in [1.29, 1.82) is 0 Å². The molecule has 5 nitrogen and oxygen atoms in total. The van der Waals surface area contributed by atoms with Crippen LogP contribution in [0.4, 0.5) is 11.6 Å². The number of hydrogen-bond donors (Lipinski definition) is 3. The molecule has 2 rings (SSSR count). The molecule has 0 unspecified atom stereocenters. The highest BCUT2D eigenvalue weighted by atomic mass is 15.3. The van der Waals surface area contributed by atoms with Gasteiger partial charge in [0.05, 0.1) is 0 Å². The Labute approximate surface area is 102 Å². The van der Waals surface area contributed by atoms with E-state index in [0.717, 1.165) is 11.4 Å². The summed E-state index contributed by atoms with van der Waals surface area (Å²) in [4.78, 5) is 8.35. The smallest absolute Gasteiger partial charge is 0.148 e. The lowest BCUT2D eigenvalue weighted by Crippen LogP contribution is -2.16. The van der Waals surface area contributed by atoms with Crippen molar-refractivity contribution in [3.63, 3.8) is 0 Å². The van der Waals surface area contributed by atoms with E-state index in [2.05, 4.69) is 48.4 Å². The van der Waals surface area contributed by atoms with Gasteiger partial charge in [0.25, 0.3) is 0 Å². The Bertz CT molecular complexity index is 425. The van der Waals surface area contributed by atoms with Crippen molar-refractivity contribution in [3.8, 4) is 0 Å². The molecule has 0 saturated heterocycles. The zero-order valence-electron chi connectivity index (χ0n) is 11.1. The van der Waals surface area contributed by atoms with Crippen LogP contribution in [0.5, 0.6) is 0 Å². The average Bonchev–Trinajstić information content (AvgIpc) is 2.63. The van der Waals surface area contributed by atoms with Crippen LogP contribution in [-0.4, -0.2) is 16.0 Å². The summed E-state index contributed by atoms with van der Waals surface area (Å²) in [5, 5.41) is 3.49. The Morgan fingerprint density at radius 2 is 1.65 bits per heavy atom. The zero-order valence-corrected chi connectivity index (χ0v) is 11.1. The van der Waals surface area contributed by atoms with E-state index >= 15 is 0 Å². The molecule has 1 aromatic heterocycles. The fraction of sp³-hybridized carbons (Fsp3) is 0.667. The second-order valence-corrected chi connectivity index (χ2v) is 5.86. The van der Waals surface area contributed by atoms with Crippen molar-refractivity contribution in [2.45, 2.75) is 40.7 Å². The van der Waals surface area contributed by atoms with Crippen LogP contribution in [0, 0.1) is 17.8 Å². The van der Waals surface area contributed by atoms with Gasteiger partial charge in [0.1, 0.15) is 18.0 Å². The van der Waals surface area contributed by atoms with Crippen LogP contribution >= 0.6 is 0 Å². The lowest BCUT2D eigenvalue weighted by atomic mass is 10.0. The van der Waals surface area contributed by atoms with Gasteiger partial charge in [-0.25, -0.2) is 15.8 Å². The van der Waals surface area contributed by atoms with Crippen LogP contribution in [0.3, 0.4) is 0 Å². The highest BCUT2D eigenvalue weighted by Crippen LogP contribution is 2.63. The van der Waals surface area contributed by atoms with Gasteiger partial charge in [-0.2, -0.15) is 0 Å². The Morgan fingerprint density at radius 1 is 1.12 bits per heavy atom. The van der Waals surface area contributed by atoms with Crippen molar-refractivity contribution in [2.75, 3.05) is 10.7 Å². The first-order chi connectivity index (χ1) is 7.82. The number of anilines is 2. The van der Waals surface area contributed by atoms with Crippen LogP contribution in [0.15, 0.2) is 6.33 Å². The third kappa shape index (κ3) is 1.65. The van der Waals surface area contributed by atoms with Crippen LogP contribution < -0.4 is 16.6 Å². The van der Waals surface area contributed by atoms with Gasteiger partial charge in [-0.1, -0.05) is 27.7 Å². The summed E-state index contributed by atoms with van der Waals surface area (Å²) in [5.74, 6) is 6.93. The van der Waals surface area contributed by atoms with E-state index in [1.165, 1.54) is 6.33 Å². The predicted molar refractivity (Wildman–Crippen MR) is 69.6 cm³/mol. The van der Waals surface area contributed by atoms with Crippen molar-refractivity contribution < 1.29 is 0 Å². The van der Waals surface area contributed by atoms with E-state index in [1.54, 1.807) is 0 Å². The van der Waals surface area contributed by atoms with Crippen LogP contribution in [0.1, 0.15) is 33.3 Å². The van der Waals surface area contributed by atoms with E-state index in [0.29, 0.717) is 11.9 Å². The van der Waals surface area contributed by atoms with Gasteiger partial charge in [-0.05, 0) is 17.8 Å². The Morgan fingerprint density at radius 3 is 2.12 bits per heavy atom. The normalized spacial score (nSPS) is 21.1. The third-order valence-corrected chi connectivity index (χ3v) is 4.52. The molecular formula is C12H21N5. The minimum absolute atomic E-state index is 0.278. The molecule has 0 amide bonds. The highest BCUT2D eigenvalue weighted by molar-refractivity contribution is 5.57. The summed E-state index contributed by atoms with van der Waals surface area (Å²) in [6, 6.07) is 0.425. The van der Waals surface area contributed by atoms with E-state index < -0.39 is 0 Å². The molecule has 1 aromatic rings. The molecule has 1 heterocycles. The number of rotatable bonds is 3. The number of aromatic nitrogens is 2. The largest absolute Gasteiger partial charge is 0.366 e. The second-order valence-electron chi connectivity index (χ2n) is 5.86. The molecule has 5 heteroatoms. The van der Waals surface area contributed by atoms with Gasteiger partial charge in [0, 0.05) is 11.6 Å². The molecule has 0 atom stereocenters. The van der Waals surface area contributed by atoms with Gasteiger partial charge in [-0.15, -0.1) is 0 Å². The molecular weight excluding hydrogens is 214 g/mol. The monoisotopic (exact) mass is 235 g/mol. The second kappa shape index (κ2) is 3.57. The lowest BCUT2D eigenvalue weighted by molar-refractivity contribution is 0.457. The molecule has 94 valence electrons. The first-order valence-electron chi connectivity index (χ1n) is 5.87. The summed E-state index contributed by atoms with van der Waals surface area (Å²) >= 11 is 0. The molecule has 0 aromatic carbocycles. The number of hydrazine groups is 1. The standard InChI is InChI=1S/C12H21N5/c1-7-8(14-6-15-9(7)17-13)16-10-11(2,3)12(10,4)5/h6,10H,13H2,1-5H3,(H2,14,15,16,17). The van der Waals surface area contributed by atoms with E-state index in [1.807, 2.05) is 6.92 Å². The first kappa shape index (κ1) is 12.1. The summed E-state index contributed by atoms with van der Waals surface area (Å²) in [7, 11) is 0. The maximum Gasteiger partial charge on any atom is 0.148 e. The van der Waals surface area contributed by atoms with E-state index in [4.69, 9.17) is 5.84 Å². The van der Waals surface area contributed by atoms with Crippen molar-refractivity contribution >= 4 is 11.6 Å². The van der Waals surface area contributed by atoms with Gasteiger partial charge in [0.2, 0.25) is 0 Å². The van der Waals surface area contributed by atoms with E-state index in [9.17, 15) is 0 Å². The van der Waals surface area contributed by atoms with E-state index in [-0.39, 0.29) is 10.8 Å². The zero-order chi connectivity index (χ0) is 12.8. The van der Waals surface area contributed by atoms with Crippen LogP contribution in [-0.2, 0) is 0 Å². The maximum atomic E-state index is 5.40. The molecule has 17 heavy (non-hydrogen) atoms. The molecule has 4 N–H and O–H groups in total. The van der Waals surface area contributed by atoms with Gasteiger partial charge in [-0.3, -0.25) is 0 Å². The summed E-state index contributed by atoms with van der Waals surface area (Å²) < 4.78 is 0. The van der Waals surface area contributed by atoms with Crippen LogP contribution in [0.2, 0.25) is 0 Å². The summed E-state index contributed by atoms with van der Waals surface area (Å²) in [5.41, 5.74) is 4.09. The number of nitrogens with two attached hydrogens (primary N) is 1. The molecule has 1 aliphatic carbocycles. The fourth-order valence-electron chi connectivity index (χ4n) is 2.44. The predicted octanol–water partition coefficient (Wildman–Crippen LogP) is 1.92.